The predicted molar refractivity (Wildman–Crippen MR) is 55.8 cm³/mol. The molecule has 0 bridgehead atoms. The Balaban J connectivity index is 1.69. The quantitative estimate of drug-likeness (QED) is 0.707. The normalized spacial score (nSPS) is 35.8. The van der Waals surface area contributed by atoms with Gasteiger partial charge in [0.25, 0.3) is 0 Å². The topological polar surface area (TPSA) is 12.0 Å². The van der Waals surface area contributed by atoms with Gasteiger partial charge in [0.1, 0.15) is 0 Å². The maximum absolute atomic E-state index is 5.88. The third-order valence-corrected chi connectivity index (χ3v) is 4.67. The van der Waals surface area contributed by atoms with Crippen molar-refractivity contribution >= 4 is 23.4 Å². The van der Waals surface area contributed by atoms with Gasteiger partial charge in [-0.3, -0.25) is 0 Å². The van der Waals surface area contributed by atoms with Crippen LogP contribution in [-0.2, 0) is 0 Å². The van der Waals surface area contributed by atoms with Crippen molar-refractivity contribution < 1.29 is 0 Å². The molecule has 12 heavy (non-hydrogen) atoms. The largest absolute Gasteiger partial charge is 0.305 e. The van der Waals surface area contributed by atoms with E-state index in [0.717, 1.165) is 17.7 Å². The van der Waals surface area contributed by atoms with E-state index in [-0.39, 0.29) is 0 Å². The van der Waals surface area contributed by atoms with Gasteiger partial charge in [0, 0.05) is 5.88 Å². The third-order valence-electron chi connectivity index (χ3n) is 2.70. The van der Waals surface area contributed by atoms with Crippen LogP contribution < -0.4 is 5.32 Å². The summed E-state index contributed by atoms with van der Waals surface area (Å²) in [6, 6.07) is 0. The highest BCUT2D eigenvalue weighted by Gasteiger charge is 2.29. The molecule has 1 heterocycles. The van der Waals surface area contributed by atoms with Gasteiger partial charge in [0.15, 0.2) is 0 Å². The Morgan fingerprint density at radius 2 is 2.17 bits per heavy atom. The van der Waals surface area contributed by atoms with E-state index >= 15 is 0 Å². The zero-order valence-corrected chi connectivity index (χ0v) is 8.83. The number of hydrogen-bond donors (Lipinski definition) is 1. The maximum Gasteiger partial charge on any atom is 0.0572 e. The van der Waals surface area contributed by atoms with Crippen LogP contribution in [-0.4, -0.2) is 23.6 Å². The van der Waals surface area contributed by atoms with Crippen molar-refractivity contribution in [1.29, 1.82) is 0 Å². The molecule has 2 atom stereocenters. The highest BCUT2D eigenvalue weighted by atomic mass is 35.5. The fraction of sp³-hybridized carbons (Fsp3) is 1.00. The Hall–Kier alpha value is 0.600. The lowest BCUT2D eigenvalue weighted by Crippen LogP contribution is -2.24. The third kappa shape index (κ3) is 2.30. The van der Waals surface area contributed by atoms with E-state index in [0.29, 0.717) is 5.37 Å². The van der Waals surface area contributed by atoms with Crippen LogP contribution in [0.2, 0.25) is 0 Å². The second-order valence-corrected chi connectivity index (χ2v) is 5.34. The van der Waals surface area contributed by atoms with Gasteiger partial charge in [-0.1, -0.05) is 0 Å². The molecule has 1 N–H and O–H groups in total. The Morgan fingerprint density at radius 1 is 1.33 bits per heavy atom. The number of nitrogens with one attached hydrogen (secondary N) is 1. The first-order chi connectivity index (χ1) is 5.90. The molecule has 2 unspecified atom stereocenters. The van der Waals surface area contributed by atoms with Crippen molar-refractivity contribution in [1.82, 2.24) is 5.32 Å². The van der Waals surface area contributed by atoms with Crippen molar-refractivity contribution in [3.8, 4) is 0 Å². The molecule has 0 radical (unpaired) electrons. The van der Waals surface area contributed by atoms with Crippen molar-refractivity contribution in [2.75, 3.05) is 18.2 Å². The summed E-state index contributed by atoms with van der Waals surface area (Å²) in [4.78, 5) is 0. The van der Waals surface area contributed by atoms with Gasteiger partial charge in [-0.15, -0.1) is 23.4 Å². The molecule has 1 saturated carbocycles. The van der Waals surface area contributed by atoms with Gasteiger partial charge >= 0.3 is 0 Å². The van der Waals surface area contributed by atoms with Gasteiger partial charge in [0.2, 0.25) is 0 Å². The van der Waals surface area contributed by atoms with Crippen molar-refractivity contribution in [3.63, 3.8) is 0 Å². The lowest BCUT2D eigenvalue weighted by molar-refractivity contribution is 0.620. The SMILES string of the molecule is ClCC1CCNC1SCC1CC1. The molecule has 3 heteroatoms. The van der Waals surface area contributed by atoms with E-state index in [1.807, 2.05) is 0 Å². The van der Waals surface area contributed by atoms with Crippen molar-refractivity contribution in [2.45, 2.75) is 24.6 Å². The first kappa shape index (κ1) is 9.17. The second kappa shape index (κ2) is 4.21. The minimum Gasteiger partial charge on any atom is -0.305 e. The molecule has 0 aromatic heterocycles. The lowest BCUT2D eigenvalue weighted by Gasteiger charge is -2.16. The number of rotatable bonds is 4. The van der Waals surface area contributed by atoms with Crippen molar-refractivity contribution in [2.24, 2.45) is 11.8 Å². The highest BCUT2D eigenvalue weighted by Crippen LogP contribution is 2.36. The predicted octanol–water partition coefficient (Wildman–Crippen LogP) is 2.30. The highest BCUT2D eigenvalue weighted by molar-refractivity contribution is 7.99. The summed E-state index contributed by atoms with van der Waals surface area (Å²) in [7, 11) is 0. The summed E-state index contributed by atoms with van der Waals surface area (Å²) in [5.74, 6) is 3.93. The summed E-state index contributed by atoms with van der Waals surface area (Å²) in [5, 5.41) is 4.17. The zero-order chi connectivity index (χ0) is 8.39. The van der Waals surface area contributed by atoms with Gasteiger partial charge < -0.3 is 5.32 Å². The van der Waals surface area contributed by atoms with Gasteiger partial charge in [-0.05, 0) is 43.4 Å². The molecule has 1 nitrogen and oxygen atoms in total. The summed E-state index contributed by atoms with van der Waals surface area (Å²) >= 11 is 7.97. The zero-order valence-electron chi connectivity index (χ0n) is 7.26. The van der Waals surface area contributed by atoms with Crippen LogP contribution in [0.1, 0.15) is 19.3 Å². The van der Waals surface area contributed by atoms with Gasteiger partial charge in [-0.25, -0.2) is 0 Å². The van der Waals surface area contributed by atoms with E-state index in [1.54, 1.807) is 0 Å². The fourth-order valence-electron chi connectivity index (χ4n) is 1.61. The fourth-order valence-corrected chi connectivity index (χ4v) is 3.60. The molecule has 1 aliphatic heterocycles. The summed E-state index contributed by atoms with van der Waals surface area (Å²) < 4.78 is 0. The maximum atomic E-state index is 5.88. The number of alkyl halides is 1. The van der Waals surface area contributed by atoms with Gasteiger partial charge in [0.05, 0.1) is 5.37 Å². The van der Waals surface area contributed by atoms with Crippen LogP contribution in [0.15, 0.2) is 0 Å². The van der Waals surface area contributed by atoms with E-state index in [4.69, 9.17) is 11.6 Å². The van der Waals surface area contributed by atoms with Gasteiger partial charge in [-0.2, -0.15) is 0 Å². The molecule has 2 rings (SSSR count). The molecule has 2 aliphatic rings. The monoisotopic (exact) mass is 205 g/mol. The molecular weight excluding hydrogens is 190 g/mol. The van der Waals surface area contributed by atoms with Crippen LogP contribution in [0.3, 0.4) is 0 Å². The Labute approximate surface area is 83.6 Å². The lowest BCUT2D eigenvalue weighted by atomic mass is 10.1. The molecule has 2 fully saturated rings. The summed E-state index contributed by atoms with van der Waals surface area (Å²) in [6.07, 6.45) is 4.20. The summed E-state index contributed by atoms with van der Waals surface area (Å²) in [6.45, 7) is 1.17. The summed E-state index contributed by atoms with van der Waals surface area (Å²) in [5.41, 5.74) is 0. The van der Waals surface area contributed by atoms with E-state index in [2.05, 4.69) is 17.1 Å². The standard InChI is InChI=1S/C9H16ClNS/c10-5-8-3-4-11-9(8)12-6-7-1-2-7/h7-9,11H,1-6H2. The van der Waals surface area contributed by atoms with Crippen LogP contribution in [0, 0.1) is 11.8 Å². The molecule has 1 aliphatic carbocycles. The van der Waals surface area contributed by atoms with E-state index in [1.165, 1.54) is 31.6 Å². The number of halogens is 1. The molecule has 70 valence electrons. The minimum absolute atomic E-state index is 0.656. The average Bonchev–Trinajstić information content (AvgIpc) is 2.81. The minimum atomic E-state index is 0.656. The van der Waals surface area contributed by atoms with Crippen LogP contribution in [0.25, 0.3) is 0 Å². The Kier molecular flexibility index (Phi) is 3.21. The molecule has 0 aromatic carbocycles. The molecule has 0 amide bonds. The van der Waals surface area contributed by atoms with Crippen LogP contribution in [0.4, 0.5) is 0 Å². The molecular formula is C9H16ClNS. The molecule has 0 spiro atoms. The first-order valence-corrected chi connectivity index (χ1v) is 6.39. The number of hydrogen-bond acceptors (Lipinski definition) is 2. The second-order valence-electron chi connectivity index (χ2n) is 3.85. The van der Waals surface area contributed by atoms with Crippen molar-refractivity contribution in [3.05, 3.63) is 0 Å². The number of thioether (sulfide) groups is 1. The van der Waals surface area contributed by atoms with E-state index in [9.17, 15) is 0 Å². The van der Waals surface area contributed by atoms with E-state index < -0.39 is 0 Å². The Bertz CT molecular complexity index is 149. The average molecular weight is 206 g/mol. The van der Waals surface area contributed by atoms with Crippen LogP contribution >= 0.6 is 23.4 Å². The smallest absolute Gasteiger partial charge is 0.0572 e. The molecule has 0 aromatic rings. The van der Waals surface area contributed by atoms with Crippen LogP contribution in [0.5, 0.6) is 0 Å². The molecule has 1 saturated heterocycles. The Morgan fingerprint density at radius 3 is 2.83 bits per heavy atom. The first-order valence-electron chi connectivity index (χ1n) is 4.81.